The zero-order chi connectivity index (χ0) is 29.6. The second kappa shape index (κ2) is 13.4. The molecule has 5 rings (SSSR count). The normalized spacial score (nSPS) is 16.1. The summed E-state index contributed by atoms with van der Waals surface area (Å²) in [7, 11) is 1.62. The summed E-state index contributed by atoms with van der Waals surface area (Å²) in [5.74, 6) is 0.489. The quantitative estimate of drug-likeness (QED) is 0.187. The van der Waals surface area contributed by atoms with Gasteiger partial charge in [0.25, 0.3) is 5.91 Å². The zero-order valence-electron chi connectivity index (χ0n) is 23.7. The lowest BCUT2D eigenvalue weighted by Gasteiger charge is -2.41. The van der Waals surface area contributed by atoms with E-state index in [4.69, 9.17) is 14.2 Å². The first-order valence-corrected chi connectivity index (χ1v) is 16.0. The van der Waals surface area contributed by atoms with Crippen LogP contribution in [0.25, 0.3) is 0 Å². The fraction of sp³-hybridized carbons (Fsp3) is 0.235. The number of benzene rings is 4. The first-order valence-electron chi connectivity index (χ1n) is 13.9. The number of rotatable bonds is 10. The fourth-order valence-corrected chi connectivity index (χ4v) is 7.46. The number of nitrogens with zero attached hydrogens (tertiary/aromatic N) is 1. The summed E-state index contributed by atoms with van der Waals surface area (Å²) in [6.07, 6.45) is 0.743. The molecule has 4 aromatic carbocycles. The predicted molar refractivity (Wildman–Crippen MR) is 153 cm³/mol. The van der Waals surface area contributed by atoms with Gasteiger partial charge >= 0.3 is 27.2 Å². The first-order chi connectivity index (χ1) is 20.4. The van der Waals surface area contributed by atoms with Crippen LogP contribution in [0.3, 0.4) is 0 Å². The van der Waals surface area contributed by atoms with Crippen LogP contribution in [-0.2, 0) is 9.53 Å². The van der Waals surface area contributed by atoms with Crippen molar-refractivity contribution in [3.05, 3.63) is 121 Å². The number of hydrogen-bond donors (Lipinski definition) is 0. The van der Waals surface area contributed by atoms with Crippen molar-refractivity contribution >= 4 is 11.9 Å². The summed E-state index contributed by atoms with van der Waals surface area (Å²) in [6.45, 7) is 4.54. The molecule has 1 aliphatic heterocycles. The van der Waals surface area contributed by atoms with E-state index in [0.717, 1.165) is 21.3 Å². The van der Waals surface area contributed by atoms with Crippen molar-refractivity contribution in [1.29, 1.82) is 0 Å². The van der Waals surface area contributed by atoms with Crippen LogP contribution < -0.4 is 30.7 Å². The molecule has 1 amide bonds. The molecule has 0 aromatic heterocycles. The Hall–Kier alpha value is -3.92. The Bertz CT molecular complexity index is 1560. The second-order valence-corrected chi connectivity index (χ2v) is 12.7. The van der Waals surface area contributed by atoms with Gasteiger partial charge in [-0.15, -0.1) is 0 Å². The van der Waals surface area contributed by atoms with E-state index in [1.807, 2.05) is 73.7 Å². The van der Waals surface area contributed by atoms with Gasteiger partial charge in [-0.2, -0.15) is 0 Å². The van der Waals surface area contributed by atoms with E-state index in [1.54, 1.807) is 37.1 Å². The largest absolute Gasteiger partial charge is 0.497 e. The Labute approximate surface area is 255 Å². The van der Waals surface area contributed by atoms with Gasteiger partial charge in [0.1, 0.15) is 23.2 Å². The second-order valence-electron chi connectivity index (χ2n) is 9.76. The van der Waals surface area contributed by atoms with Crippen LogP contribution in [0.1, 0.15) is 53.7 Å². The van der Waals surface area contributed by atoms with E-state index in [0.29, 0.717) is 32.7 Å². The molecule has 0 N–H and O–H groups in total. The molecule has 0 fully saturated rings. The highest BCUT2D eigenvalue weighted by Crippen LogP contribution is 2.44. The van der Waals surface area contributed by atoms with Crippen molar-refractivity contribution in [2.75, 3.05) is 20.3 Å². The van der Waals surface area contributed by atoms with Gasteiger partial charge in [-0.05, 0) is 79.1 Å². The van der Waals surface area contributed by atoms with Crippen molar-refractivity contribution in [3.63, 3.8) is 0 Å². The van der Waals surface area contributed by atoms with E-state index in [2.05, 4.69) is 0 Å². The third-order valence-electron chi connectivity index (χ3n) is 7.05. The van der Waals surface area contributed by atoms with Crippen LogP contribution in [0.15, 0.2) is 91.0 Å². The SMILES string of the molecule is CCCN1C(=O)c2ccccc2[C@@H](C(=O)OCC)[C@@H]1c1ccc(Oc2ccc(F)c([I+]c3ccc(OC)cc3)c2)cc1. The predicted octanol–water partition coefficient (Wildman–Crippen LogP) is 4.01. The molecule has 42 heavy (non-hydrogen) atoms. The van der Waals surface area contributed by atoms with Crippen molar-refractivity contribution in [2.45, 2.75) is 32.2 Å². The van der Waals surface area contributed by atoms with Crippen LogP contribution in [0.5, 0.6) is 17.2 Å². The van der Waals surface area contributed by atoms with Crippen molar-refractivity contribution < 1.29 is 49.4 Å². The molecule has 0 bridgehead atoms. The smallest absolute Gasteiger partial charge is 0.361 e. The minimum Gasteiger partial charge on any atom is -0.497 e. The molecule has 216 valence electrons. The number of amides is 1. The number of fused-ring (bicyclic) bond motifs is 1. The number of carbonyl (C=O) groups is 2. The zero-order valence-corrected chi connectivity index (χ0v) is 25.8. The lowest BCUT2D eigenvalue weighted by molar-refractivity contribution is -0.600. The summed E-state index contributed by atoms with van der Waals surface area (Å²) in [4.78, 5) is 28.6. The van der Waals surface area contributed by atoms with Gasteiger partial charge in [-0.3, -0.25) is 9.59 Å². The average Bonchev–Trinajstić information content (AvgIpc) is 3.01. The average molecular weight is 681 g/mol. The van der Waals surface area contributed by atoms with Crippen LogP contribution >= 0.6 is 0 Å². The van der Waals surface area contributed by atoms with Gasteiger partial charge < -0.3 is 19.1 Å². The van der Waals surface area contributed by atoms with Crippen molar-refractivity contribution in [3.8, 4) is 17.2 Å². The Morgan fingerprint density at radius 3 is 2.29 bits per heavy atom. The molecular formula is C34H32FINO5+. The highest BCUT2D eigenvalue weighted by atomic mass is 127. The summed E-state index contributed by atoms with van der Waals surface area (Å²) in [5.41, 5.74) is 2.02. The molecule has 8 heteroatoms. The number of esters is 1. The van der Waals surface area contributed by atoms with E-state index >= 15 is 0 Å². The van der Waals surface area contributed by atoms with Gasteiger partial charge in [0.05, 0.1) is 19.8 Å². The summed E-state index contributed by atoms with van der Waals surface area (Å²) in [5, 5.41) is 0. The number of ether oxygens (including phenoxy) is 3. The van der Waals surface area contributed by atoms with Gasteiger partial charge in [-0.25, -0.2) is 4.39 Å². The standard InChI is InChI=1S/C34H32FINO5/c1-4-20-37-32(31(34(39)41-5-2)27-8-6-7-9-28(27)33(37)38)22-10-14-25(15-11-22)42-26-18-19-29(35)30(21-26)36-23-12-16-24(40-3)17-13-23/h6-19,21,31-32H,4-5,20H2,1-3H3/q+1/t31-,32+/m1/s1. The highest BCUT2D eigenvalue weighted by Gasteiger charge is 2.44. The Balaban J connectivity index is 1.41. The highest BCUT2D eigenvalue weighted by molar-refractivity contribution is 6.00. The molecule has 0 saturated carbocycles. The number of methoxy groups -OCH3 is 1. The number of hydrogen-bond acceptors (Lipinski definition) is 5. The van der Waals surface area contributed by atoms with Crippen LogP contribution in [0.2, 0.25) is 0 Å². The number of halogens is 2. The Morgan fingerprint density at radius 2 is 1.60 bits per heavy atom. The fourth-order valence-electron chi connectivity index (χ4n) is 5.17. The Kier molecular flexibility index (Phi) is 9.41. The molecule has 4 aromatic rings. The molecule has 0 saturated heterocycles. The molecule has 1 aliphatic rings. The lowest BCUT2D eigenvalue weighted by atomic mass is 9.79. The summed E-state index contributed by atoms with van der Waals surface area (Å²) < 4.78 is 33.2. The summed E-state index contributed by atoms with van der Waals surface area (Å²) >= 11 is -0.760. The molecule has 0 unspecified atom stereocenters. The molecule has 6 nitrogen and oxygen atoms in total. The molecule has 0 spiro atoms. The van der Waals surface area contributed by atoms with Crippen LogP contribution in [0.4, 0.5) is 4.39 Å². The molecule has 2 atom stereocenters. The van der Waals surface area contributed by atoms with Crippen LogP contribution in [0, 0.1) is 13.0 Å². The number of carbonyl (C=O) groups excluding carboxylic acids is 2. The minimum atomic E-state index is -0.760. The van der Waals surface area contributed by atoms with E-state index in [1.165, 1.54) is 6.07 Å². The Morgan fingerprint density at radius 1 is 0.905 bits per heavy atom. The van der Waals surface area contributed by atoms with Gasteiger partial charge in [0.2, 0.25) is 3.57 Å². The van der Waals surface area contributed by atoms with E-state index < -0.39 is 33.2 Å². The minimum absolute atomic E-state index is 0.0997. The van der Waals surface area contributed by atoms with Crippen molar-refractivity contribution in [2.24, 2.45) is 0 Å². The van der Waals surface area contributed by atoms with Gasteiger partial charge in [-0.1, -0.05) is 37.3 Å². The monoisotopic (exact) mass is 680 g/mol. The van der Waals surface area contributed by atoms with Gasteiger partial charge in [0, 0.05) is 18.2 Å². The maximum absolute atomic E-state index is 14.7. The molecule has 1 heterocycles. The third kappa shape index (κ3) is 6.28. The topological polar surface area (TPSA) is 65.1 Å². The maximum Gasteiger partial charge on any atom is 0.361 e. The third-order valence-corrected chi connectivity index (χ3v) is 9.80. The van der Waals surface area contributed by atoms with E-state index in [9.17, 15) is 14.0 Å². The molecule has 0 aliphatic carbocycles. The lowest BCUT2D eigenvalue weighted by Crippen LogP contribution is -3.61. The van der Waals surface area contributed by atoms with Crippen molar-refractivity contribution in [1.82, 2.24) is 4.90 Å². The summed E-state index contributed by atoms with van der Waals surface area (Å²) in [6, 6.07) is 26.6. The molecular weight excluding hydrogens is 648 g/mol. The van der Waals surface area contributed by atoms with E-state index in [-0.39, 0.29) is 24.3 Å². The van der Waals surface area contributed by atoms with Crippen LogP contribution in [-0.4, -0.2) is 37.0 Å². The van der Waals surface area contributed by atoms with Gasteiger partial charge in [0.15, 0.2) is 9.39 Å². The first kappa shape index (κ1) is 29.6. The molecule has 0 radical (unpaired) electrons. The maximum atomic E-state index is 14.7.